The molecule has 7 heteroatoms. The summed E-state index contributed by atoms with van der Waals surface area (Å²) < 4.78 is 40.6. The number of nitrogens with zero attached hydrogens (tertiary/aromatic N) is 1. The Labute approximate surface area is 129 Å². The monoisotopic (exact) mass is 321 g/mol. The number of amides is 1. The van der Waals surface area contributed by atoms with Crippen molar-refractivity contribution in [1.29, 1.82) is 0 Å². The molecule has 1 aliphatic heterocycles. The first-order chi connectivity index (χ1) is 10.8. The van der Waals surface area contributed by atoms with Crippen molar-refractivity contribution in [3.8, 4) is 5.75 Å². The summed E-state index contributed by atoms with van der Waals surface area (Å²) in [4.78, 5) is 25.2. The molecule has 23 heavy (non-hydrogen) atoms. The van der Waals surface area contributed by atoms with Gasteiger partial charge in [0, 0.05) is 0 Å². The Morgan fingerprint density at radius 3 is 2.48 bits per heavy atom. The van der Waals surface area contributed by atoms with Crippen LogP contribution in [0, 0.1) is 0 Å². The van der Waals surface area contributed by atoms with Crippen LogP contribution in [0.15, 0.2) is 48.5 Å². The topological polar surface area (TPSA) is 46.6 Å². The van der Waals surface area contributed by atoms with Gasteiger partial charge in [-0.25, -0.2) is 0 Å². The van der Waals surface area contributed by atoms with Crippen molar-refractivity contribution < 1.29 is 27.5 Å². The Balaban J connectivity index is 1.87. The second kappa shape index (κ2) is 5.42. The standard InChI is InChI=1S/C16H10F3NO3/c17-16(18,19)23-11-5-3-4-10(8-11)9-20-13-7-2-1-6-12(13)14(21)15(20)22/h1-8H,9H2. The first-order valence-corrected chi connectivity index (χ1v) is 6.65. The van der Waals surface area contributed by atoms with Gasteiger partial charge in [-0.15, -0.1) is 13.2 Å². The van der Waals surface area contributed by atoms with Crippen molar-refractivity contribution in [2.24, 2.45) is 0 Å². The number of hydrogen-bond acceptors (Lipinski definition) is 3. The average molecular weight is 321 g/mol. The number of ether oxygens (including phenoxy) is 1. The minimum absolute atomic E-state index is 0.0172. The highest BCUT2D eigenvalue weighted by Crippen LogP contribution is 2.31. The fraction of sp³-hybridized carbons (Fsp3) is 0.125. The molecule has 0 bridgehead atoms. The number of alkyl halides is 3. The van der Waals surface area contributed by atoms with Crippen LogP contribution in [0.3, 0.4) is 0 Å². The van der Waals surface area contributed by atoms with Crippen molar-refractivity contribution in [2.45, 2.75) is 12.9 Å². The van der Waals surface area contributed by atoms with Crippen LogP contribution in [0.2, 0.25) is 0 Å². The van der Waals surface area contributed by atoms with Gasteiger partial charge in [0.05, 0.1) is 17.8 Å². The highest BCUT2D eigenvalue weighted by molar-refractivity contribution is 6.52. The molecule has 1 amide bonds. The Morgan fingerprint density at radius 2 is 1.74 bits per heavy atom. The zero-order chi connectivity index (χ0) is 16.6. The zero-order valence-electron chi connectivity index (χ0n) is 11.6. The number of hydrogen-bond donors (Lipinski definition) is 0. The predicted molar refractivity (Wildman–Crippen MR) is 75.1 cm³/mol. The van der Waals surface area contributed by atoms with Gasteiger partial charge in [0.2, 0.25) is 0 Å². The normalized spacial score (nSPS) is 14.1. The SMILES string of the molecule is O=C1C(=O)N(Cc2cccc(OC(F)(F)F)c2)c2ccccc21. The quantitative estimate of drug-likeness (QED) is 0.815. The summed E-state index contributed by atoms with van der Waals surface area (Å²) in [7, 11) is 0. The molecule has 0 N–H and O–H groups in total. The molecule has 0 spiro atoms. The molecule has 4 nitrogen and oxygen atoms in total. The van der Waals surface area contributed by atoms with Gasteiger partial charge < -0.3 is 9.64 Å². The van der Waals surface area contributed by atoms with Gasteiger partial charge in [-0.3, -0.25) is 9.59 Å². The number of rotatable bonds is 3. The van der Waals surface area contributed by atoms with Crippen LogP contribution in [0.25, 0.3) is 0 Å². The minimum Gasteiger partial charge on any atom is -0.406 e. The lowest BCUT2D eigenvalue weighted by molar-refractivity contribution is -0.274. The second-order valence-corrected chi connectivity index (χ2v) is 4.93. The van der Waals surface area contributed by atoms with E-state index in [0.717, 1.165) is 0 Å². The molecule has 0 radical (unpaired) electrons. The maximum Gasteiger partial charge on any atom is 0.573 e. The summed E-state index contributed by atoms with van der Waals surface area (Å²) in [5, 5.41) is 0. The van der Waals surface area contributed by atoms with Crippen molar-refractivity contribution >= 4 is 17.4 Å². The molecule has 2 aromatic carbocycles. The number of Topliss-reactive ketones (excluding diaryl/α,β-unsaturated/α-hetero) is 1. The molecule has 1 aliphatic rings. The van der Waals surface area contributed by atoms with E-state index in [0.29, 0.717) is 16.8 Å². The number of carbonyl (C=O) groups is 2. The molecule has 1 heterocycles. The third kappa shape index (κ3) is 3.03. The fourth-order valence-corrected chi connectivity index (χ4v) is 2.43. The van der Waals surface area contributed by atoms with E-state index in [4.69, 9.17) is 0 Å². The molecule has 0 aliphatic carbocycles. The smallest absolute Gasteiger partial charge is 0.406 e. The minimum atomic E-state index is -4.79. The lowest BCUT2D eigenvalue weighted by Crippen LogP contribution is -2.29. The first kappa shape index (κ1) is 15.1. The van der Waals surface area contributed by atoms with Gasteiger partial charge in [0.15, 0.2) is 0 Å². The lowest BCUT2D eigenvalue weighted by atomic mass is 10.1. The van der Waals surface area contributed by atoms with Crippen LogP contribution < -0.4 is 9.64 Å². The lowest BCUT2D eigenvalue weighted by Gasteiger charge is -2.17. The molecule has 0 saturated heterocycles. The molecule has 0 atom stereocenters. The van der Waals surface area contributed by atoms with Gasteiger partial charge in [-0.1, -0.05) is 24.3 Å². The molecule has 0 unspecified atom stereocenters. The number of fused-ring (bicyclic) bond motifs is 1. The van der Waals surface area contributed by atoms with E-state index in [1.807, 2.05) is 0 Å². The Kier molecular flexibility index (Phi) is 3.55. The van der Waals surface area contributed by atoms with Crippen molar-refractivity contribution in [3.05, 3.63) is 59.7 Å². The van der Waals surface area contributed by atoms with Crippen LogP contribution >= 0.6 is 0 Å². The van der Waals surface area contributed by atoms with E-state index in [1.165, 1.54) is 23.1 Å². The summed E-state index contributed by atoms with van der Waals surface area (Å²) in [6.45, 7) is -0.0172. The molecule has 118 valence electrons. The second-order valence-electron chi connectivity index (χ2n) is 4.93. The van der Waals surface area contributed by atoms with Gasteiger partial charge >= 0.3 is 6.36 Å². The maximum atomic E-state index is 12.3. The molecule has 0 fully saturated rings. The van der Waals surface area contributed by atoms with E-state index in [2.05, 4.69) is 4.74 Å². The van der Waals surface area contributed by atoms with E-state index in [1.54, 1.807) is 30.3 Å². The van der Waals surface area contributed by atoms with E-state index < -0.39 is 18.1 Å². The average Bonchev–Trinajstić information content (AvgIpc) is 2.72. The van der Waals surface area contributed by atoms with Gasteiger partial charge in [-0.05, 0) is 29.8 Å². The maximum absolute atomic E-state index is 12.3. The molecular formula is C16H10F3NO3. The number of anilines is 1. The Hall–Kier alpha value is -2.83. The summed E-state index contributed by atoms with van der Waals surface area (Å²) in [5.74, 6) is -1.70. The number of para-hydroxylation sites is 1. The fourth-order valence-electron chi connectivity index (χ4n) is 2.43. The largest absolute Gasteiger partial charge is 0.573 e. The van der Waals surface area contributed by atoms with Crippen LogP contribution in [0.1, 0.15) is 15.9 Å². The third-order valence-corrected chi connectivity index (χ3v) is 3.35. The van der Waals surface area contributed by atoms with Gasteiger partial charge in [0.25, 0.3) is 11.7 Å². The van der Waals surface area contributed by atoms with E-state index >= 15 is 0 Å². The van der Waals surface area contributed by atoms with Crippen molar-refractivity contribution in [2.75, 3.05) is 4.90 Å². The number of benzene rings is 2. The van der Waals surface area contributed by atoms with Crippen LogP contribution in [0.5, 0.6) is 5.75 Å². The zero-order valence-corrected chi connectivity index (χ0v) is 11.6. The third-order valence-electron chi connectivity index (χ3n) is 3.35. The predicted octanol–water partition coefficient (Wildman–Crippen LogP) is 3.31. The number of ketones is 1. The molecule has 0 saturated carbocycles. The van der Waals surface area contributed by atoms with E-state index in [9.17, 15) is 22.8 Å². The van der Waals surface area contributed by atoms with Gasteiger partial charge in [-0.2, -0.15) is 0 Å². The molecule has 2 aromatic rings. The molecule has 0 aromatic heterocycles. The highest BCUT2D eigenvalue weighted by Gasteiger charge is 2.35. The Morgan fingerprint density at radius 1 is 1.00 bits per heavy atom. The summed E-state index contributed by atoms with van der Waals surface area (Å²) >= 11 is 0. The summed E-state index contributed by atoms with van der Waals surface area (Å²) in [6, 6.07) is 11.8. The summed E-state index contributed by atoms with van der Waals surface area (Å²) in [6.07, 6.45) is -4.79. The Bertz CT molecular complexity index is 786. The molecular weight excluding hydrogens is 311 g/mol. The van der Waals surface area contributed by atoms with Crippen LogP contribution in [-0.2, 0) is 11.3 Å². The highest BCUT2D eigenvalue weighted by atomic mass is 19.4. The first-order valence-electron chi connectivity index (χ1n) is 6.65. The van der Waals surface area contributed by atoms with E-state index in [-0.39, 0.29) is 12.3 Å². The molecule has 3 rings (SSSR count). The number of carbonyl (C=O) groups excluding carboxylic acids is 2. The van der Waals surface area contributed by atoms with Gasteiger partial charge in [0.1, 0.15) is 5.75 Å². The van der Waals surface area contributed by atoms with Crippen molar-refractivity contribution in [3.63, 3.8) is 0 Å². The summed E-state index contributed by atoms with van der Waals surface area (Å²) in [5.41, 5.74) is 1.16. The van der Waals surface area contributed by atoms with Crippen LogP contribution in [-0.4, -0.2) is 18.1 Å². The number of halogens is 3. The van der Waals surface area contributed by atoms with Crippen molar-refractivity contribution in [1.82, 2.24) is 0 Å². The van der Waals surface area contributed by atoms with Crippen LogP contribution in [0.4, 0.5) is 18.9 Å².